The number of benzene rings is 3. The Hall–Kier alpha value is -3.33. The maximum Gasteiger partial charge on any atom is 0.416 e. The summed E-state index contributed by atoms with van der Waals surface area (Å²) in [5, 5.41) is 0. The molecule has 0 heterocycles. The van der Waals surface area contributed by atoms with E-state index in [2.05, 4.69) is 0 Å². The zero-order valence-corrected chi connectivity index (χ0v) is 18.2. The first-order valence-corrected chi connectivity index (χ1v) is 11.0. The van der Waals surface area contributed by atoms with Gasteiger partial charge in [0.1, 0.15) is 4.90 Å². The van der Waals surface area contributed by atoms with Gasteiger partial charge in [-0.15, -0.1) is 0 Å². The van der Waals surface area contributed by atoms with Crippen LogP contribution in [-0.4, -0.2) is 33.3 Å². The number of anilines is 1. The van der Waals surface area contributed by atoms with Gasteiger partial charge < -0.3 is 4.90 Å². The molecule has 0 atom stereocenters. The molecule has 0 radical (unpaired) electrons. The molecule has 0 unspecified atom stereocenters. The predicted molar refractivity (Wildman–Crippen MR) is 116 cm³/mol. The van der Waals surface area contributed by atoms with Gasteiger partial charge in [0.15, 0.2) is 0 Å². The highest BCUT2D eigenvalue weighted by molar-refractivity contribution is 7.92. The lowest BCUT2D eigenvalue weighted by Gasteiger charge is -2.23. The second kappa shape index (κ2) is 9.04. The van der Waals surface area contributed by atoms with Crippen LogP contribution >= 0.6 is 0 Å². The molecule has 0 aliphatic rings. The fourth-order valence-electron chi connectivity index (χ4n) is 3.14. The lowest BCUT2D eigenvalue weighted by molar-refractivity contribution is -0.137. The van der Waals surface area contributed by atoms with Crippen molar-refractivity contribution in [3.8, 4) is 0 Å². The van der Waals surface area contributed by atoms with Crippen molar-refractivity contribution in [2.24, 2.45) is 0 Å². The molecule has 0 fully saturated rings. The van der Waals surface area contributed by atoms with Crippen LogP contribution < -0.4 is 4.31 Å². The van der Waals surface area contributed by atoms with Gasteiger partial charge in [0, 0.05) is 20.6 Å². The SMILES string of the molecule is CN(Cc1ccc(C(F)(F)F)cc1)C(=O)c1ccccc1S(=O)(=O)N(C)c1ccccc1. The summed E-state index contributed by atoms with van der Waals surface area (Å²) in [6.07, 6.45) is -4.45. The van der Waals surface area contributed by atoms with E-state index in [1.807, 2.05) is 0 Å². The molecule has 0 saturated heterocycles. The normalized spacial score (nSPS) is 11.8. The van der Waals surface area contributed by atoms with E-state index in [-0.39, 0.29) is 17.0 Å². The number of rotatable bonds is 6. The lowest BCUT2D eigenvalue weighted by Crippen LogP contribution is -2.31. The molecule has 5 nitrogen and oxygen atoms in total. The quantitative estimate of drug-likeness (QED) is 0.529. The van der Waals surface area contributed by atoms with Crippen LogP contribution in [0.15, 0.2) is 83.8 Å². The van der Waals surface area contributed by atoms with Crippen molar-refractivity contribution in [1.82, 2.24) is 4.90 Å². The van der Waals surface area contributed by atoms with Crippen LogP contribution in [0.3, 0.4) is 0 Å². The van der Waals surface area contributed by atoms with Crippen LogP contribution in [0.4, 0.5) is 18.9 Å². The van der Waals surface area contributed by atoms with Gasteiger partial charge in [-0.05, 0) is 42.0 Å². The molecule has 0 aliphatic carbocycles. The molecule has 9 heteroatoms. The Morgan fingerprint density at radius 2 is 1.41 bits per heavy atom. The highest BCUT2D eigenvalue weighted by Crippen LogP contribution is 2.29. The van der Waals surface area contributed by atoms with Gasteiger partial charge in [-0.2, -0.15) is 13.2 Å². The number of carbonyl (C=O) groups is 1. The van der Waals surface area contributed by atoms with Gasteiger partial charge >= 0.3 is 6.18 Å². The molecule has 32 heavy (non-hydrogen) atoms. The Morgan fingerprint density at radius 1 is 0.844 bits per heavy atom. The van der Waals surface area contributed by atoms with E-state index in [0.29, 0.717) is 11.3 Å². The summed E-state index contributed by atoms with van der Waals surface area (Å²) < 4.78 is 65.8. The molecule has 0 aliphatic heterocycles. The number of carbonyl (C=O) groups excluding carboxylic acids is 1. The molecule has 0 aromatic heterocycles. The van der Waals surface area contributed by atoms with Crippen LogP contribution in [0, 0.1) is 0 Å². The molecule has 168 valence electrons. The van der Waals surface area contributed by atoms with Gasteiger partial charge in [0.2, 0.25) is 0 Å². The van der Waals surface area contributed by atoms with E-state index in [4.69, 9.17) is 0 Å². The Kier molecular flexibility index (Phi) is 6.59. The molecule has 3 aromatic carbocycles. The third-order valence-corrected chi connectivity index (χ3v) is 6.77. The average molecular weight is 462 g/mol. The summed E-state index contributed by atoms with van der Waals surface area (Å²) in [6, 6.07) is 18.8. The van der Waals surface area contributed by atoms with Gasteiger partial charge in [0.25, 0.3) is 15.9 Å². The minimum absolute atomic E-state index is 0.0138. The minimum Gasteiger partial charge on any atom is -0.337 e. The van der Waals surface area contributed by atoms with Gasteiger partial charge in [-0.25, -0.2) is 8.42 Å². The Balaban J connectivity index is 1.86. The average Bonchev–Trinajstić information content (AvgIpc) is 2.78. The van der Waals surface area contributed by atoms with Crippen molar-refractivity contribution in [3.05, 3.63) is 95.6 Å². The minimum atomic E-state index is -4.45. The van der Waals surface area contributed by atoms with Crippen LogP contribution in [0.5, 0.6) is 0 Å². The summed E-state index contributed by atoms with van der Waals surface area (Å²) in [6.45, 7) is 0.0138. The van der Waals surface area contributed by atoms with E-state index in [1.165, 1.54) is 49.3 Å². The van der Waals surface area contributed by atoms with Gasteiger partial charge in [-0.3, -0.25) is 9.10 Å². The molecular formula is C23H21F3N2O3S. The van der Waals surface area contributed by atoms with Crippen LogP contribution in [-0.2, 0) is 22.7 Å². The number of nitrogens with zero attached hydrogens (tertiary/aromatic N) is 2. The standard InChI is InChI=1S/C23H21F3N2O3S/c1-27(16-17-12-14-18(15-13-17)23(24,25)26)22(29)20-10-6-7-11-21(20)32(30,31)28(2)19-8-4-3-5-9-19/h3-15H,16H2,1-2H3. The number of amides is 1. The largest absolute Gasteiger partial charge is 0.416 e. The number of hydrogen-bond donors (Lipinski definition) is 0. The number of hydrogen-bond acceptors (Lipinski definition) is 3. The first-order chi connectivity index (χ1) is 15.0. The highest BCUT2D eigenvalue weighted by atomic mass is 32.2. The smallest absolute Gasteiger partial charge is 0.337 e. The van der Waals surface area contributed by atoms with Crippen molar-refractivity contribution in [2.45, 2.75) is 17.6 Å². The maximum absolute atomic E-state index is 13.2. The van der Waals surface area contributed by atoms with Crippen LogP contribution in [0.2, 0.25) is 0 Å². The zero-order chi connectivity index (χ0) is 23.5. The van der Waals surface area contributed by atoms with E-state index >= 15 is 0 Å². The molecule has 3 aromatic rings. The summed E-state index contributed by atoms with van der Waals surface area (Å²) in [5.74, 6) is -0.564. The monoisotopic (exact) mass is 462 g/mol. The summed E-state index contributed by atoms with van der Waals surface area (Å²) in [4.78, 5) is 14.2. The van der Waals surface area contributed by atoms with Crippen molar-refractivity contribution < 1.29 is 26.4 Å². The highest BCUT2D eigenvalue weighted by Gasteiger charge is 2.30. The van der Waals surface area contributed by atoms with Crippen LogP contribution in [0.1, 0.15) is 21.5 Å². The first kappa shape index (κ1) is 23.3. The third kappa shape index (κ3) is 4.94. The van der Waals surface area contributed by atoms with Crippen LogP contribution in [0.25, 0.3) is 0 Å². The zero-order valence-electron chi connectivity index (χ0n) is 17.4. The summed E-state index contributed by atoms with van der Waals surface area (Å²) >= 11 is 0. The number of para-hydroxylation sites is 1. The van der Waals surface area contributed by atoms with Crippen molar-refractivity contribution in [1.29, 1.82) is 0 Å². The molecule has 0 spiro atoms. The number of halogens is 3. The second-order valence-corrected chi connectivity index (χ2v) is 9.10. The maximum atomic E-state index is 13.2. The van der Waals surface area contributed by atoms with E-state index in [9.17, 15) is 26.4 Å². The van der Waals surface area contributed by atoms with Gasteiger partial charge in [0.05, 0.1) is 16.8 Å². The molecule has 0 bridgehead atoms. The number of alkyl halides is 3. The third-order valence-electron chi connectivity index (χ3n) is 4.92. The van der Waals surface area contributed by atoms with E-state index in [1.54, 1.807) is 36.4 Å². The number of sulfonamides is 1. The molecular weight excluding hydrogens is 441 g/mol. The Labute approximate surface area is 184 Å². The second-order valence-electron chi connectivity index (χ2n) is 7.16. The lowest BCUT2D eigenvalue weighted by atomic mass is 10.1. The summed E-state index contributed by atoms with van der Waals surface area (Å²) in [5.41, 5.74) is 0.115. The Bertz CT molecular complexity index is 1200. The van der Waals surface area contributed by atoms with Crippen molar-refractivity contribution in [3.63, 3.8) is 0 Å². The molecule has 1 amide bonds. The predicted octanol–water partition coefficient (Wildman–Crippen LogP) is 4.80. The van der Waals surface area contributed by atoms with E-state index < -0.39 is 27.7 Å². The fraction of sp³-hybridized carbons (Fsp3) is 0.174. The van der Waals surface area contributed by atoms with Crippen molar-refractivity contribution >= 4 is 21.6 Å². The topological polar surface area (TPSA) is 57.7 Å². The molecule has 3 rings (SSSR count). The molecule has 0 N–H and O–H groups in total. The van der Waals surface area contributed by atoms with Gasteiger partial charge in [-0.1, -0.05) is 42.5 Å². The van der Waals surface area contributed by atoms with E-state index in [0.717, 1.165) is 16.4 Å². The van der Waals surface area contributed by atoms with Crippen molar-refractivity contribution in [2.75, 3.05) is 18.4 Å². The molecule has 0 saturated carbocycles. The first-order valence-electron chi connectivity index (χ1n) is 9.56. The Morgan fingerprint density at radius 3 is 2.00 bits per heavy atom. The fourth-order valence-corrected chi connectivity index (χ4v) is 4.52. The summed E-state index contributed by atoms with van der Waals surface area (Å²) in [7, 11) is -1.17.